The molecule has 32 heavy (non-hydrogen) atoms. The molecule has 1 amide bonds. The van der Waals surface area contributed by atoms with Crippen LogP contribution in [0.1, 0.15) is 43.2 Å². The summed E-state index contributed by atoms with van der Waals surface area (Å²) in [6.07, 6.45) is 0.509. The van der Waals surface area contributed by atoms with E-state index < -0.39 is 29.1 Å². The topological polar surface area (TPSA) is 89.5 Å². The maximum atomic E-state index is 14.1. The molecule has 10 heteroatoms. The van der Waals surface area contributed by atoms with E-state index in [1.165, 1.54) is 12.1 Å². The number of pyridine rings is 1. The average Bonchev–Trinajstić information content (AvgIpc) is 2.64. The average molecular weight is 512 g/mol. The van der Waals surface area contributed by atoms with E-state index in [0.717, 1.165) is 18.6 Å². The van der Waals surface area contributed by atoms with Gasteiger partial charge in [-0.25, -0.2) is 18.6 Å². The van der Waals surface area contributed by atoms with Crippen molar-refractivity contribution in [3.63, 3.8) is 0 Å². The number of carbonyl (C=O) groups excluding carboxylic acids is 2. The van der Waals surface area contributed by atoms with Gasteiger partial charge in [0, 0.05) is 18.7 Å². The summed E-state index contributed by atoms with van der Waals surface area (Å²) >= 11 is 2.91. The molecule has 2 N–H and O–H groups in total. The maximum Gasteiger partial charge on any atom is 0.357 e. The minimum absolute atomic E-state index is 0.00497. The zero-order valence-corrected chi connectivity index (χ0v) is 19.5. The fourth-order valence-corrected chi connectivity index (χ4v) is 3.18. The molecule has 1 atom stereocenters. The Morgan fingerprint density at radius 1 is 1.25 bits per heavy atom. The lowest BCUT2D eigenvalue weighted by molar-refractivity contribution is -0.115. The highest BCUT2D eigenvalue weighted by Gasteiger charge is 2.22. The number of carbonyl (C=O) groups is 2. The largest absolute Gasteiger partial charge is 0.455 e. The number of nitrogens with one attached hydrogen (secondary N) is 2. The maximum absolute atomic E-state index is 14.1. The molecule has 0 radical (unpaired) electrons. The van der Waals surface area contributed by atoms with Crippen LogP contribution in [0.2, 0.25) is 0 Å². The second kappa shape index (κ2) is 9.91. The number of hydrogen-bond acceptors (Lipinski definition) is 6. The summed E-state index contributed by atoms with van der Waals surface area (Å²) in [4.78, 5) is 29.2. The Morgan fingerprint density at radius 2 is 1.97 bits per heavy atom. The van der Waals surface area contributed by atoms with Gasteiger partial charge in [0.15, 0.2) is 11.5 Å². The lowest BCUT2D eigenvalue weighted by Crippen LogP contribution is -2.34. The predicted molar refractivity (Wildman–Crippen MR) is 119 cm³/mol. The lowest BCUT2D eigenvalue weighted by atomic mass is 10.1. The number of rotatable bonds is 7. The van der Waals surface area contributed by atoms with Crippen molar-refractivity contribution in [3.05, 3.63) is 51.6 Å². The van der Waals surface area contributed by atoms with Gasteiger partial charge in [0.25, 0.3) is 0 Å². The van der Waals surface area contributed by atoms with E-state index in [1.54, 1.807) is 20.8 Å². The van der Waals surface area contributed by atoms with E-state index in [2.05, 4.69) is 31.5 Å². The quantitative estimate of drug-likeness (QED) is 0.421. The fraction of sp³-hybridized carbons (Fsp3) is 0.409. The molecule has 1 aromatic carbocycles. The van der Waals surface area contributed by atoms with Gasteiger partial charge >= 0.3 is 5.97 Å². The van der Waals surface area contributed by atoms with Gasteiger partial charge < -0.3 is 20.1 Å². The van der Waals surface area contributed by atoms with Crippen LogP contribution in [0.15, 0.2) is 28.7 Å². The number of amides is 1. The van der Waals surface area contributed by atoms with Gasteiger partial charge in [-0.2, -0.15) is 0 Å². The molecule has 0 saturated carbocycles. The summed E-state index contributed by atoms with van der Waals surface area (Å²) in [6, 6.07) is 4.87. The van der Waals surface area contributed by atoms with E-state index in [4.69, 9.17) is 9.47 Å². The van der Waals surface area contributed by atoms with Crippen molar-refractivity contribution in [2.45, 2.75) is 45.3 Å². The first-order valence-corrected chi connectivity index (χ1v) is 10.8. The summed E-state index contributed by atoms with van der Waals surface area (Å²) in [5, 5.41) is 5.71. The molecular formula is C22H24BrF2N3O4. The van der Waals surface area contributed by atoms with E-state index >= 15 is 0 Å². The molecule has 172 valence electrons. The number of benzene rings is 1. The van der Waals surface area contributed by atoms with E-state index in [-0.39, 0.29) is 34.1 Å². The lowest BCUT2D eigenvalue weighted by Gasteiger charge is -2.27. The number of halogens is 3. The third kappa shape index (κ3) is 6.46. The zero-order chi connectivity index (χ0) is 23.5. The number of nitrogens with zero attached hydrogens (tertiary/aromatic N) is 1. The van der Waals surface area contributed by atoms with Crippen LogP contribution in [0.25, 0.3) is 0 Å². The van der Waals surface area contributed by atoms with Crippen molar-refractivity contribution < 1.29 is 27.8 Å². The highest BCUT2D eigenvalue weighted by Crippen LogP contribution is 2.24. The van der Waals surface area contributed by atoms with Crippen molar-refractivity contribution in [2.75, 3.05) is 23.8 Å². The molecule has 1 aliphatic heterocycles. The highest BCUT2D eigenvalue weighted by atomic mass is 79.9. The van der Waals surface area contributed by atoms with Crippen LogP contribution in [0.3, 0.4) is 0 Å². The second-order valence-corrected chi connectivity index (χ2v) is 9.19. The van der Waals surface area contributed by atoms with Crippen LogP contribution in [0, 0.1) is 11.6 Å². The number of hydrogen-bond donors (Lipinski definition) is 2. The van der Waals surface area contributed by atoms with E-state index in [1.807, 2.05) is 0 Å². The Morgan fingerprint density at radius 3 is 2.59 bits per heavy atom. The third-order valence-electron chi connectivity index (χ3n) is 4.51. The number of aromatic nitrogens is 1. The Kier molecular flexibility index (Phi) is 7.45. The SMILES string of the molecule is CC(C)(C)OC(=O)c1ccc(NC(=O)Cc2cc(F)c(Br)cc2F)c(NC[C@@H]2CCO2)n1. The van der Waals surface area contributed by atoms with Crippen LogP contribution in [-0.4, -0.2) is 41.7 Å². The molecule has 0 bridgehead atoms. The summed E-state index contributed by atoms with van der Waals surface area (Å²) in [5.74, 6) is -2.29. The zero-order valence-electron chi connectivity index (χ0n) is 17.9. The first kappa shape index (κ1) is 24.1. The van der Waals surface area contributed by atoms with Crippen molar-refractivity contribution >= 4 is 39.3 Å². The highest BCUT2D eigenvalue weighted by molar-refractivity contribution is 9.10. The van der Waals surface area contributed by atoms with Crippen LogP contribution in [0.4, 0.5) is 20.3 Å². The normalized spacial score (nSPS) is 15.6. The summed E-state index contributed by atoms with van der Waals surface area (Å²) in [6.45, 7) is 6.35. The van der Waals surface area contributed by atoms with E-state index in [9.17, 15) is 18.4 Å². The van der Waals surface area contributed by atoms with Crippen molar-refractivity contribution in [2.24, 2.45) is 0 Å². The van der Waals surface area contributed by atoms with Gasteiger partial charge in [-0.3, -0.25) is 4.79 Å². The van der Waals surface area contributed by atoms with Gasteiger partial charge in [0.05, 0.1) is 22.7 Å². The minimum atomic E-state index is -0.702. The van der Waals surface area contributed by atoms with Crippen molar-refractivity contribution in [1.29, 1.82) is 0 Å². The third-order valence-corrected chi connectivity index (χ3v) is 5.12. The summed E-state index contributed by atoms with van der Waals surface area (Å²) in [7, 11) is 0. The molecule has 3 rings (SSSR count). The molecule has 2 heterocycles. The van der Waals surface area contributed by atoms with Gasteiger partial charge in [-0.1, -0.05) is 0 Å². The van der Waals surface area contributed by atoms with Gasteiger partial charge in [0.2, 0.25) is 5.91 Å². The standard InChI is InChI=1S/C22H24BrF2N3O4/c1-22(2,3)32-21(30)18-5-4-17(20(28-18)26-11-13-6-7-31-13)27-19(29)9-12-8-16(25)14(23)10-15(12)24/h4-5,8,10,13H,6-7,9,11H2,1-3H3,(H,26,28)(H,27,29)/t13-/m0/s1. The molecule has 0 aliphatic carbocycles. The van der Waals surface area contributed by atoms with Crippen LogP contribution in [0.5, 0.6) is 0 Å². The second-order valence-electron chi connectivity index (χ2n) is 8.34. The summed E-state index contributed by atoms with van der Waals surface area (Å²) in [5.41, 5.74) is -0.419. The van der Waals surface area contributed by atoms with Crippen LogP contribution in [-0.2, 0) is 20.7 Å². The van der Waals surface area contributed by atoms with Gasteiger partial charge in [-0.05, 0) is 67.4 Å². The molecule has 1 saturated heterocycles. The van der Waals surface area contributed by atoms with Crippen molar-refractivity contribution in [3.8, 4) is 0 Å². The predicted octanol–water partition coefficient (Wildman–Crippen LogP) is 4.46. The molecule has 0 unspecified atom stereocenters. The molecule has 7 nitrogen and oxygen atoms in total. The number of esters is 1. The molecule has 2 aromatic rings. The molecule has 1 aliphatic rings. The molecule has 1 aromatic heterocycles. The monoisotopic (exact) mass is 511 g/mol. The first-order valence-electron chi connectivity index (χ1n) is 10.0. The number of ether oxygens (including phenoxy) is 2. The van der Waals surface area contributed by atoms with Crippen LogP contribution < -0.4 is 10.6 Å². The molecule has 1 fully saturated rings. The Hall–Kier alpha value is -2.59. The molecule has 0 spiro atoms. The smallest absolute Gasteiger partial charge is 0.357 e. The fourth-order valence-electron chi connectivity index (χ4n) is 2.86. The Labute approximate surface area is 193 Å². The Balaban J connectivity index is 1.78. The van der Waals surface area contributed by atoms with Gasteiger partial charge in [-0.15, -0.1) is 0 Å². The minimum Gasteiger partial charge on any atom is -0.455 e. The van der Waals surface area contributed by atoms with Crippen molar-refractivity contribution in [1.82, 2.24) is 4.98 Å². The summed E-state index contributed by atoms with van der Waals surface area (Å²) < 4.78 is 38.5. The number of anilines is 2. The van der Waals surface area contributed by atoms with E-state index in [0.29, 0.717) is 18.8 Å². The first-order chi connectivity index (χ1) is 15.0. The van der Waals surface area contributed by atoms with Gasteiger partial charge in [0.1, 0.15) is 17.2 Å². The Bertz CT molecular complexity index is 1020. The molecular weight excluding hydrogens is 488 g/mol. The van der Waals surface area contributed by atoms with Crippen LogP contribution >= 0.6 is 15.9 Å².